The standard InChI is InChI=1S/C38H23N3O/c42-38-29-11-5-4-10-27(29)36-37-28(20-21-39-36)31-22-26(18-19-33(31)41(37)38)23-14-16-25(17-15-23)35-34(24-8-2-1-3-9-24)30-12-6-7-13-32(30)40-35/h1-22,34H. The molecule has 5 aromatic carbocycles. The van der Waals surface area contributed by atoms with Gasteiger partial charge in [0.15, 0.2) is 0 Å². The van der Waals surface area contributed by atoms with Gasteiger partial charge in [0.05, 0.1) is 33.9 Å². The molecule has 0 N–H and O–H groups in total. The molecule has 0 spiro atoms. The average Bonchev–Trinajstić information content (AvgIpc) is 3.61. The fraction of sp³-hybridized carbons (Fsp3) is 0.0263. The first-order valence-corrected chi connectivity index (χ1v) is 14.2. The summed E-state index contributed by atoms with van der Waals surface area (Å²) < 4.78 is 1.84. The van der Waals surface area contributed by atoms with Crippen molar-refractivity contribution >= 4 is 49.5 Å². The number of para-hydroxylation sites is 1. The van der Waals surface area contributed by atoms with E-state index in [1.54, 1.807) is 0 Å². The van der Waals surface area contributed by atoms with E-state index in [1.807, 2.05) is 40.9 Å². The number of hydrogen-bond acceptors (Lipinski definition) is 3. The molecule has 9 rings (SSSR count). The van der Waals surface area contributed by atoms with Gasteiger partial charge >= 0.3 is 0 Å². The third-order valence-corrected chi connectivity index (χ3v) is 8.70. The molecule has 0 bridgehead atoms. The SMILES string of the molecule is O=c1c2ccccc2c2nccc3c4cc(-c5ccc(C6=Nc7ccccc7C6c6ccccc6)cc5)ccc4n1c32. The second-order valence-corrected chi connectivity index (χ2v) is 11.0. The Kier molecular flexibility index (Phi) is 4.79. The Morgan fingerprint density at radius 3 is 2.17 bits per heavy atom. The van der Waals surface area contributed by atoms with Gasteiger partial charge in [-0.3, -0.25) is 19.2 Å². The van der Waals surface area contributed by atoms with E-state index in [-0.39, 0.29) is 11.5 Å². The Bertz CT molecular complexity index is 2420. The highest BCUT2D eigenvalue weighted by Gasteiger charge is 2.29. The lowest BCUT2D eigenvalue weighted by atomic mass is 9.85. The minimum Gasteiger partial charge on any atom is -0.273 e. The number of nitrogens with zero attached hydrogens (tertiary/aromatic N) is 3. The van der Waals surface area contributed by atoms with Gasteiger partial charge in [-0.05, 0) is 58.1 Å². The summed E-state index contributed by atoms with van der Waals surface area (Å²) in [6.07, 6.45) is 1.85. The molecule has 0 fully saturated rings. The van der Waals surface area contributed by atoms with Crippen molar-refractivity contribution in [2.75, 3.05) is 0 Å². The van der Waals surface area contributed by atoms with Crippen LogP contribution in [0, 0.1) is 0 Å². The first kappa shape index (κ1) is 23.1. The van der Waals surface area contributed by atoms with Crippen molar-refractivity contribution in [1.82, 2.24) is 9.38 Å². The van der Waals surface area contributed by atoms with Crippen LogP contribution in [-0.4, -0.2) is 15.1 Å². The van der Waals surface area contributed by atoms with Gasteiger partial charge in [0.25, 0.3) is 5.56 Å². The zero-order chi connectivity index (χ0) is 27.8. The summed E-state index contributed by atoms with van der Waals surface area (Å²) in [5, 5.41) is 3.68. The molecule has 8 aromatic rings. The van der Waals surface area contributed by atoms with Gasteiger partial charge in [-0.25, -0.2) is 0 Å². The Labute approximate surface area is 241 Å². The number of rotatable bonds is 3. The van der Waals surface area contributed by atoms with E-state index in [4.69, 9.17) is 9.98 Å². The van der Waals surface area contributed by atoms with Crippen LogP contribution < -0.4 is 5.56 Å². The number of benzene rings is 5. The van der Waals surface area contributed by atoms with E-state index in [2.05, 4.69) is 97.1 Å². The van der Waals surface area contributed by atoms with Gasteiger partial charge in [0.1, 0.15) is 0 Å². The van der Waals surface area contributed by atoms with Crippen LogP contribution in [0.3, 0.4) is 0 Å². The number of aromatic nitrogens is 2. The minimum absolute atomic E-state index is 0.00509. The molecule has 0 saturated carbocycles. The number of fused-ring (bicyclic) bond motifs is 6. The summed E-state index contributed by atoms with van der Waals surface area (Å²) >= 11 is 0. The summed E-state index contributed by atoms with van der Waals surface area (Å²) in [6, 6.07) is 43.9. The molecule has 196 valence electrons. The van der Waals surface area contributed by atoms with Crippen LogP contribution in [0.5, 0.6) is 0 Å². The fourth-order valence-electron chi connectivity index (χ4n) is 6.77. The Morgan fingerprint density at radius 2 is 1.31 bits per heavy atom. The summed E-state index contributed by atoms with van der Waals surface area (Å²) in [5.41, 5.74) is 10.6. The van der Waals surface area contributed by atoms with Crippen LogP contribution in [0.2, 0.25) is 0 Å². The summed E-state index contributed by atoms with van der Waals surface area (Å²) in [6.45, 7) is 0. The summed E-state index contributed by atoms with van der Waals surface area (Å²) in [7, 11) is 0. The molecule has 4 heteroatoms. The van der Waals surface area contributed by atoms with Crippen molar-refractivity contribution in [3.05, 3.63) is 161 Å². The molecular formula is C38H23N3O. The molecule has 4 heterocycles. The summed E-state index contributed by atoms with van der Waals surface area (Å²) in [5.74, 6) is 0.106. The zero-order valence-electron chi connectivity index (χ0n) is 22.5. The largest absolute Gasteiger partial charge is 0.273 e. The van der Waals surface area contributed by atoms with Crippen LogP contribution >= 0.6 is 0 Å². The Morgan fingerprint density at radius 1 is 0.595 bits per heavy atom. The first-order valence-electron chi connectivity index (χ1n) is 14.2. The van der Waals surface area contributed by atoms with Crippen LogP contribution in [-0.2, 0) is 0 Å². The van der Waals surface area contributed by atoms with Gasteiger partial charge in [-0.15, -0.1) is 0 Å². The Balaban J connectivity index is 1.17. The normalized spacial score (nSPS) is 14.7. The predicted molar refractivity (Wildman–Crippen MR) is 172 cm³/mol. The van der Waals surface area contributed by atoms with Crippen molar-refractivity contribution in [2.45, 2.75) is 5.92 Å². The third-order valence-electron chi connectivity index (χ3n) is 8.70. The lowest BCUT2D eigenvalue weighted by molar-refractivity contribution is 1.11. The molecular weight excluding hydrogens is 514 g/mol. The van der Waals surface area contributed by atoms with Crippen molar-refractivity contribution in [3.8, 4) is 11.1 Å². The highest BCUT2D eigenvalue weighted by molar-refractivity contribution is 6.19. The van der Waals surface area contributed by atoms with Crippen LogP contribution in [0.4, 0.5) is 5.69 Å². The van der Waals surface area contributed by atoms with Gasteiger partial charge in [-0.2, -0.15) is 0 Å². The maximum atomic E-state index is 13.6. The van der Waals surface area contributed by atoms with E-state index in [1.165, 1.54) is 11.1 Å². The molecule has 0 aliphatic carbocycles. The second-order valence-electron chi connectivity index (χ2n) is 11.0. The van der Waals surface area contributed by atoms with Crippen molar-refractivity contribution in [3.63, 3.8) is 0 Å². The molecule has 1 aliphatic rings. The molecule has 4 nitrogen and oxygen atoms in total. The van der Waals surface area contributed by atoms with E-state index < -0.39 is 0 Å². The fourth-order valence-corrected chi connectivity index (χ4v) is 6.77. The molecule has 0 saturated heterocycles. The third kappa shape index (κ3) is 3.20. The van der Waals surface area contributed by atoms with Crippen LogP contribution in [0.25, 0.3) is 49.2 Å². The van der Waals surface area contributed by atoms with Crippen molar-refractivity contribution in [2.24, 2.45) is 4.99 Å². The van der Waals surface area contributed by atoms with Gasteiger partial charge < -0.3 is 0 Å². The van der Waals surface area contributed by atoms with Crippen LogP contribution in [0.1, 0.15) is 22.6 Å². The number of hydrogen-bond donors (Lipinski definition) is 0. The first-order chi connectivity index (χ1) is 20.8. The molecule has 1 unspecified atom stereocenters. The van der Waals surface area contributed by atoms with E-state index in [0.29, 0.717) is 5.39 Å². The number of pyridine rings is 2. The van der Waals surface area contributed by atoms with Gasteiger partial charge in [0, 0.05) is 27.7 Å². The smallest absolute Gasteiger partial charge is 0.263 e. The average molecular weight is 538 g/mol. The van der Waals surface area contributed by atoms with Gasteiger partial charge in [-0.1, -0.05) is 97.1 Å². The second kappa shape index (κ2) is 8.69. The van der Waals surface area contributed by atoms with Crippen molar-refractivity contribution in [1.29, 1.82) is 0 Å². The van der Waals surface area contributed by atoms with E-state index >= 15 is 0 Å². The highest BCUT2D eigenvalue weighted by Crippen LogP contribution is 2.42. The molecule has 1 aliphatic heterocycles. The predicted octanol–water partition coefficient (Wildman–Crippen LogP) is 8.53. The Hall–Kier alpha value is -5.61. The van der Waals surface area contributed by atoms with Gasteiger partial charge in [0.2, 0.25) is 0 Å². The van der Waals surface area contributed by atoms with E-state index in [9.17, 15) is 4.79 Å². The maximum Gasteiger partial charge on any atom is 0.263 e. The topological polar surface area (TPSA) is 46.7 Å². The molecule has 3 aromatic heterocycles. The zero-order valence-corrected chi connectivity index (χ0v) is 22.5. The minimum atomic E-state index is -0.00509. The molecule has 0 radical (unpaired) electrons. The summed E-state index contributed by atoms with van der Waals surface area (Å²) in [4.78, 5) is 23.4. The highest BCUT2D eigenvalue weighted by atomic mass is 16.1. The van der Waals surface area contributed by atoms with Crippen LogP contribution in [0.15, 0.2) is 143 Å². The molecule has 42 heavy (non-hydrogen) atoms. The van der Waals surface area contributed by atoms with E-state index in [0.717, 1.165) is 60.8 Å². The molecule has 0 amide bonds. The lowest BCUT2D eigenvalue weighted by Crippen LogP contribution is -2.13. The number of aliphatic imine (C=N–C) groups is 1. The maximum absolute atomic E-state index is 13.6. The quantitative estimate of drug-likeness (QED) is 0.212. The monoisotopic (exact) mass is 537 g/mol. The van der Waals surface area contributed by atoms with Crippen molar-refractivity contribution < 1.29 is 0 Å². The molecule has 1 atom stereocenters. The lowest BCUT2D eigenvalue weighted by Gasteiger charge is -2.16.